The number of para-hydroxylation sites is 1. The van der Waals surface area contributed by atoms with Crippen LogP contribution in [0.5, 0.6) is 0 Å². The van der Waals surface area contributed by atoms with Crippen molar-refractivity contribution in [2.75, 3.05) is 0 Å². The van der Waals surface area contributed by atoms with Crippen molar-refractivity contribution < 1.29 is 24.1 Å². The standard InChI is InChI=1S/C10H10N2O6Si/c13-9(7(10(14)15)5-11-18-19)6-3-1-2-4-8(6)12(16)17/h1-5,11H,19H3,(H,14,15)/b7-5-. The Kier molecular flexibility index (Phi) is 4.91. The zero-order chi connectivity index (χ0) is 14.4. The first kappa shape index (κ1) is 14.5. The Morgan fingerprint density at radius 2 is 2.05 bits per heavy atom. The molecule has 2 N–H and O–H groups in total. The zero-order valence-electron chi connectivity index (χ0n) is 9.82. The van der Waals surface area contributed by atoms with E-state index >= 15 is 0 Å². The molecule has 1 rings (SSSR count). The number of hydroxylamine groups is 1. The van der Waals surface area contributed by atoms with Crippen LogP contribution in [0.25, 0.3) is 0 Å². The molecule has 0 aromatic heterocycles. The third-order valence-corrected chi connectivity index (χ3v) is 2.38. The largest absolute Gasteiger partial charge is 0.477 e. The van der Waals surface area contributed by atoms with Crippen LogP contribution in [-0.2, 0) is 9.32 Å². The van der Waals surface area contributed by atoms with Crippen molar-refractivity contribution in [1.29, 1.82) is 0 Å². The number of benzene rings is 1. The average Bonchev–Trinajstić information content (AvgIpc) is 2.38. The lowest BCUT2D eigenvalue weighted by molar-refractivity contribution is -0.385. The Labute approximate surface area is 110 Å². The zero-order valence-corrected chi connectivity index (χ0v) is 11.8. The molecule has 0 amide bonds. The van der Waals surface area contributed by atoms with Crippen LogP contribution in [0.4, 0.5) is 5.69 Å². The van der Waals surface area contributed by atoms with Gasteiger partial charge in [-0.3, -0.25) is 20.4 Å². The van der Waals surface area contributed by atoms with E-state index in [4.69, 9.17) is 5.11 Å². The lowest BCUT2D eigenvalue weighted by atomic mass is 10.0. The molecule has 100 valence electrons. The lowest BCUT2D eigenvalue weighted by Crippen LogP contribution is -2.17. The third kappa shape index (κ3) is 3.47. The molecule has 0 heterocycles. The van der Waals surface area contributed by atoms with Gasteiger partial charge in [0, 0.05) is 12.3 Å². The Bertz CT molecular complexity index is 557. The maximum atomic E-state index is 12.0. The van der Waals surface area contributed by atoms with Gasteiger partial charge in [-0.15, -0.1) is 0 Å². The summed E-state index contributed by atoms with van der Waals surface area (Å²) in [6.07, 6.45) is 0.856. The van der Waals surface area contributed by atoms with E-state index in [1.807, 2.05) is 0 Å². The quantitative estimate of drug-likeness (QED) is 0.138. The van der Waals surface area contributed by atoms with Crippen LogP contribution in [0, 0.1) is 10.1 Å². The van der Waals surface area contributed by atoms with Crippen LogP contribution in [0.1, 0.15) is 10.4 Å². The van der Waals surface area contributed by atoms with Crippen molar-refractivity contribution in [2.24, 2.45) is 0 Å². The van der Waals surface area contributed by atoms with E-state index in [2.05, 4.69) is 10.0 Å². The molecule has 0 aliphatic heterocycles. The van der Waals surface area contributed by atoms with E-state index in [9.17, 15) is 19.7 Å². The van der Waals surface area contributed by atoms with E-state index in [0.29, 0.717) is 0 Å². The van der Waals surface area contributed by atoms with Gasteiger partial charge in [-0.1, -0.05) is 12.1 Å². The van der Waals surface area contributed by atoms with E-state index in [0.717, 1.165) is 12.3 Å². The molecule has 19 heavy (non-hydrogen) atoms. The molecule has 0 radical (unpaired) electrons. The minimum Gasteiger partial charge on any atom is -0.477 e. The Morgan fingerprint density at radius 1 is 1.42 bits per heavy atom. The maximum Gasteiger partial charge on any atom is 0.341 e. The van der Waals surface area contributed by atoms with E-state index in [1.54, 1.807) is 0 Å². The van der Waals surface area contributed by atoms with Crippen LogP contribution in [0.2, 0.25) is 0 Å². The number of hydrogen-bond donors (Lipinski definition) is 2. The first-order valence-electron chi connectivity index (χ1n) is 4.99. The minimum atomic E-state index is -1.51. The lowest BCUT2D eigenvalue weighted by Gasteiger charge is -2.04. The average molecular weight is 282 g/mol. The topological polar surface area (TPSA) is 119 Å². The van der Waals surface area contributed by atoms with Gasteiger partial charge in [-0.2, -0.15) is 0 Å². The Morgan fingerprint density at radius 3 is 2.58 bits per heavy atom. The molecule has 0 saturated heterocycles. The molecular formula is C10H10N2O6Si. The van der Waals surface area contributed by atoms with Crippen LogP contribution in [0.3, 0.4) is 0 Å². The molecule has 0 atom stereocenters. The van der Waals surface area contributed by atoms with Crippen LogP contribution in [-0.4, -0.2) is 32.3 Å². The molecule has 0 fully saturated rings. The predicted octanol–water partition coefficient (Wildman–Crippen LogP) is -0.452. The number of Topliss-reactive ketones (excluding diaryl/α,β-unsaturated/α-hetero) is 1. The number of rotatable bonds is 6. The summed E-state index contributed by atoms with van der Waals surface area (Å²) < 4.78 is 4.55. The van der Waals surface area contributed by atoms with Gasteiger partial charge in [0.05, 0.1) is 4.92 Å². The number of nitro groups is 1. The maximum absolute atomic E-state index is 12.0. The van der Waals surface area contributed by atoms with Crippen LogP contribution < -0.4 is 5.48 Å². The molecule has 0 unspecified atom stereocenters. The van der Waals surface area contributed by atoms with Crippen molar-refractivity contribution in [3.63, 3.8) is 0 Å². The summed E-state index contributed by atoms with van der Waals surface area (Å²) in [5.74, 6) is -2.47. The second-order valence-corrected chi connectivity index (χ2v) is 3.70. The third-order valence-electron chi connectivity index (χ3n) is 2.14. The first-order valence-corrected chi connectivity index (χ1v) is 5.80. The molecule has 1 aromatic carbocycles. The van der Waals surface area contributed by atoms with Crippen molar-refractivity contribution in [1.82, 2.24) is 5.48 Å². The molecule has 9 heteroatoms. The highest BCUT2D eigenvalue weighted by molar-refractivity contribution is 6.24. The summed E-state index contributed by atoms with van der Waals surface area (Å²) in [4.78, 5) is 33.0. The number of aliphatic carboxylic acids is 1. The Balaban J connectivity index is 3.25. The fourth-order valence-corrected chi connectivity index (χ4v) is 1.43. The summed E-state index contributed by atoms with van der Waals surface area (Å²) in [5.41, 5.74) is 0.762. The molecular weight excluding hydrogens is 272 g/mol. The smallest absolute Gasteiger partial charge is 0.341 e. The number of nitro benzene ring substituents is 1. The van der Waals surface area contributed by atoms with Gasteiger partial charge < -0.3 is 9.63 Å². The summed E-state index contributed by atoms with van der Waals surface area (Å²) in [5, 5.41) is 19.7. The van der Waals surface area contributed by atoms with Crippen molar-refractivity contribution >= 4 is 27.9 Å². The first-order chi connectivity index (χ1) is 8.99. The molecule has 0 bridgehead atoms. The summed E-state index contributed by atoms with van der Waals surface area (Å²) in [6, 6.07) is 5.12. The number of nitrogens with one attached hydrogen (secondary N) is 1. The van der Waals surface area contributed by atoms with E-state index in [1.165, 1.54) is 18.2 Å². The van der Waals surface area contributed by atoms with Crippen molar-refractivity contribution in [3.05, 3.63) is 51.7 Å². The van der Waals surface area contributed by atoms with Gasteiger partial charge in [0.1, 0.15) is 11.1 Å². The van der Waals surface area contributed by atoms with Gasteiger partial charge in [0.25, 0.3) is 5.69 Å². The summed E-state index contributed by atoms with van der Waals surface area (Å²) in [6.45, 7) is 0. The van der Waals surface area contributed by atoms with Gasteiger partial charge in [-0.05, 0) is 6.07 Å². The number of carbonyl (C=O) groups is 2. The van der Waals surface area contributed by atoms with Crippen LogP contribution >= 0.6 is 0 Å². The minimum absolute atomic E-state index is 0.284. The number of nitrogens with zero attached hydrogens (tertiary/aromatic N) is 1. The van der Waals surface area contributed by atoms with Gasteiger partial charge in [0.2, 0.25) is 5.78 Å². The second kappa shape index (κ2) is 6.42. The predicted molar refractivity (Wildman–Crippen MR) is 67.3 cm³/mol. The summed E-state index contributed by atoms with van der Waals surface area (Å²) >= 11 is 0. The number of hydrogen-bond acceptors (Lipinski definition) is 6. The molecule has 1 aromatic rings. The number of carboxylic acids is 1. The highest BCUT2D eigenvalue weighted by Crippen LogP contribution is 2.20. The van der Waals surface area contributed by atoms with Crippen LogP contribution in [0.15, 0.2) is 36.0 Å². The van der Waals surface area contributed by atoms with E-state index in [-0.39, 0.29) is 16.0 Å². The highest BCUT2D eigenvalue weighted by Gasteiger charge is 2.26. The SMILES string of the molecule is O=C(O)/C(=C\NO[SiH3])C(=O)c1ccccc1[N+](=O)[O-]. The summed E-state index contributed by atoms with van der Waals surface area (Å²) in [7, 11) is 0.284. The molecule has 0 spiro atoms. The second-order valence-electron chi connectivity index (χ2n) is 3.29. The number of ketones is 1. The fourth-order valence-electron chi connectivity index (χ4n) is 1.31. The number of carboxylic acid groups (broad SMARTS) is 1. The van der Waals surface area contributed by atoms with Gasteiger partial charge in [-0.25, -0.2) is 4.79 Å². The fraction of sp³-hybridized carbons (Fsp3) is 0. The monoisotopic (exact) mass is 282 g/mol. The van der Waals surface area contributed by atoms with Crippen molar-refractivity contribution in [2.45, 2.75) is 0 Å². The molecule has 0 aliphatic carbocycles. The van der Waals surface area contributed by atoms with E-state index < -0.39 is 27.9 Å². The number of carbonyl (C=O) groups excluding carboxylic acids is 1. The van der Waals surface area contributed by atoms with Gasteiger partial charge in [0.15, 0.2) is 10.5 Å². The Hall–Kier alpha value is -2.52. The molecule has 0 saturated carbocycles. The van der Waals surface area contributed by atoms with Crippen molar-refractivity contribution in [3.8, 4) is 0 Å². The molecule has 0 aliphatic rings. The molecule has 8 nitrogen and oxygen atoms in total. The van der Waals surface area contributed by atoms with Gasteiger partial charge >= 0.3 is 5.97 Å². The normalized spacial score (nSPS) is 11.1. The highest BCUT2D eigenvalue weighted by atomic mass is 28.2.